The van der Waals surface area contributed by atoms with Crippen LogP contribution in [0.4, 0.5) is 4.39 Å². The maximum absolute atomic E-state index is 12.0. The van der Waals surface area contributed by atoms with Gasteiger partial charge < -0.3 is 5.32 Å². The molecule has 0 radical (unpaired) electrons. The summed E-state index contributed by atoms with van der Waals surface area (Å²) in [7, 11) is 1.50. The Bertz CT molecular complexity index is 210. The number of aliphatic imine (C=N–C) groups is 1. The fraction of sp³-hybridized carbons (Fsp3) is 0.444. The van der Waals surface area contributed by atoms with E-state index in [9.17, 15) is 4.39 Å². The van der Waals surface area contributed by atoms with E-state index in [1.54, 1.807) is 6.92 Å². The third-order valence-corrected chi connectivity index (χ3v) is 1.27. The lowest BCUT2D eigenvalue weighted by atomic mass is 10.3. The number of amidine groups is 1. The number of nitrogens with zero attached hydrogens (tertiary/aromatic N) is 1. The fourth-order valence-corrected chi connectivity index (χ4v) is 0.496. The largest absolute Gasteiger partial charge is 0.329 e. The lowest BCUT2D eigenvalue weighted by Gasteiger charge is -2.05. The van der Waals surface area contributed by atoms with E-state index in [1.807, 2.05) is 13.8 Å². The van der Waals surface area contributed by atoms with Crippen molar-refractivity contribution in [2.45, 2.75) is 20.8 Å². The van der Waals surface area contributed by atoms with Crippen molar-refractivity contribution in [3.05, 3.63) is 24.2 Å². The number of rotatable bonds is 2. The maximum Gasteiger partial charge on any atom is 0.195 e. The fourth-order valence-electron chi connectivity index (χ4n) is 0.394. The number of halogens is 2. The van der Waals surface area contributed by atoms with Crippen molar-refractivity contribution >= 4 is 16.9 Å². The molecule has 0 aliphatic rings. The Kier molecular flexibility index (Phi) is 10.5. The minimum atomic E-state index is 0.136. The highest BCUT2D eigenvalue weighted by Crippen LogP contribution is 2.03. The lowest BCUT2D eigenvalue weighted by molar-refractivity contribution is 0.704. The van der Waals surface area contributed by atoms with Gasteiger partial charge in [0, 0.05) is 7.05 Å². The van der Waals surface area contributed by atoms with E-state index >= 15 is 0 Å². The van der Waals surface area contributed by atoms with Gasteiger partial charge in [0.25, 0.3) is 0 Å². The Morgan fingerprint density at radius 2 is 2.00 bits per heavy atom. The van der Waals surface area contributed by atoms with Gasteiger partial charge in [0.05, 0.1) is 5.70 Å². The van der Waals surface area contributed by atoms with Crippen LogP contribution in [0.5, 0.6) is 0 Å². The SMILES string of the molecule is C=C(C)/C(=C/F)NC(Cl)=NC.CC. The molecule has 76 valence electrons. The molecule has 0 fully saturated rings. The van der Waals surface area contributed by atoms with Gasteiger partial charge in [-0.3, -0.25) is 4.99 Å². The first-order valence-electron chi connectivity index (χ1n) is 3.97. The van der Waals surface area contributed by atoms with Gasteiger partial charge in [0.15, 0.2) is 5.29 Å². The number of allylic oxidation sites excluding steroid dienone is 1. The molecule has 0 amide bonds. The van der Waals surface area contributed by atoms with Crippen molar-refractivity contribution in [1.82, 2.24) is 5.32 Å². The van der Waals surface area contributed by atoms with Crippen LogP contribution in [0.2, 0.25) is 0 Å². The molecule has 0 aromatic heterocycles. The van der Waals surface area contributed by atoms with E-state index in [2.05, 4.69) is 16.9 Å². The summed E-state index contributed by atoms with van der Waals surface area (Å²) in [6.45, 7) is 9.19. The lowest BCUT2D eigenvalue weighted by Crippen LogP contribution is -2.17. The highest BCUT2D eigenvalue weighted by atomic mass is 35.5. The zero-order valence-corrected chi connectivity index (χ0v) is 9.24. The van der Waals surface area contributed by atoms with Crippen LogP contribution < -0.4 is 5.32 Å². The molecule has 0 aromatic rings. The summed E-state index contributed by atoms with van der Waals surface area (Å²) in [6.07, 6.45) is 0.399. The van der Waals surface area contributed by atoms with Crippen molar-refractivity contribution in [2.24, 2.45) is 4.99 Å². The van der Waals surface area contributed by atoms with Crippen LogP contribution in [0.3, 0.4) is 0 Å². The van der Waals surface area contributed by atoms with Gasteiger partial charge in [-0.05, 0) is 24.1 Å². The van der Waals surface area contributed by atoms with Crippen molar-refractivity contribution < 1.29 is 4.39 Å². The molecule has 4 heteroatoms. The van der Waals surface area contributed by atoms with Gasteiger partial charge in [0.2, 0.25) is 0 Å². The summed E-state index contributed by atoms with van der Waals surface area (Å²) < 4.78 is 12.0. The van der Waals surface area contributed by atoms with Crippen molar-refractivity contribution in [1.29, 1.82) is 0 Å². The quantitative estimate of drug-likeness (QED) is 0.319. The molecule has 0 aliphatic carbocycles. The second kappa shape index (κ2) is 9.26. The monoisotopic (exact) mass is 206 g/mol. The highest BCUT2D eigenvalue weighted by Gasteiger charge is 1.98. The standard InChI is InChI=1S/C7H10ClFN2.C2H6/c1-5(2)6(4-9)11-7(8)10-3;1-2/h4H,1H2,2-3H3,(H,10,11);1-2H3/b6-4-;. The van der Waals surface area contributed by atoms with Crippen LogP contribution in [-0.2, 0) is 0 Å². The average Bonchev–Trinajstić information content (AvgIpc) is 2.16. The molecular weight excluding hydrogens is 191 g/mol. The molecule has 0 rings (SSSR count). The predicted octanol–water partition coefficient (Wildman–Crippen LogP) is 3.21. The van der Waals surface area contributed by atoms with Crippen LogP contribution in [0.1, 0.15) is 20.8 Å². The Morgan fingerprint density at radius 3 is 2.23 bits per heavy atom. The molecule has 0 saturated heterocycles. The Hall–Kier alpha value is -0.830. The van der Waals surface area contributed by atoms with Crippen molar-refractivity contribution in [2.75, 3.05) is 7.05 Å². The van der Waals surface area contributed by atoms with Crippen LogP contribution in [-0.4, -0.2) is 12.3 Å². The highest BCUT2D eigenvalue weighted by molar-refractivity contribution is 6.64. The molecule has 0 bridgehead atoms. The summed E-state index contributed by atoms with van der Waals surface area (Å²) in [5, 5.41) is 2.65. The van der Waals surface area contributed by atoms with Crippen molar-refractivity contribution in [3.63, 3.8) is 0 Å². The van der Waals surface area contributed by atoms with E-state index in [0.29, 0.717) is 11.9 Å². The van der Waals surface area contributed by atoms with E-state index in [0.717, 1.165) is 0 Å². The Morgan fingerprint density at radius 1 is 1.54 bits per heavy atom. The smallest absolute Gasteiger partial charge is 0.195 e. The third kappa shape index (κ3) is 7.53. The van der Waals surface area contributed by atoms with Gasteiger partial charge in [0.1, 0.15) is 6.33 Å². The van der Waals surface area contributed by atoms with Crippen LogP contribution >= 0.6 is 11.6 Å². The molecule has 1 N–H and O–H groups in total. The first-order valence-corrected chi connectivity index (χ1v) is 4.35. The molecule has 0 heterocycles. The molecule has 0 saturated carbocycles. The second-order valence-corrected chi connectivity index (χ2v) is 2.30. The molecule has 0 aromatic carbocycles. The molecule has 0 spiro atoms. The van der Waals surface area contributed by atoms with E-state index in [1.165, 1.54) is 7.05 Å². The average molecular weight is 207 g/mol. The first kappa shape index (κ1) is 14.7. The molecule has 13 heavy (non-hydrogen) atoms. The summed E-state index contributed by atoms with van der Waals surface area (Å²) in [4.78, 5) is 3.58. The van der Waals surface area contributed by atoms with Gasteiger partial charge in [-0.2, -0.15) is 0 Å². The Labute approximate surface area is 84.2 Å². The number of hydrogen-bond acceptors (Lipinski definition) is 1. The van der Waals surface area contributed by atoms with E-state index < -0.39 is 0 Å². The number of hydrogen-bond donors (Lipinski definition) is 1. The summed E-state index contributed by atoms with van der Waals surface area (Å²) in [6, 6.07) is 0. The minimum absolute atomic E-state index is 0.136. The van der Waals surface area contributed by atoms with Crippen LogP contribution in [0.15, 0.2) is 29.2 Å². The zero-order chi connectivity index (χ0) is 10.9. The predicted molar refractivity (Wildman–Crippen MR) is 57.7 cm³/mol. The van der Waals surface area contributed by atoms with Crippen LogP contribution in [0.25, 0.3) is 0 Å². The zero-order valence-electron chi connectivity index (χ0n) is 8.49. The summed E-state index contributed by atoms with van der Waals surface area (Å²) in [5.74, 6) is 0. The van der Waals surface area contributed by atoms with Crippen LogP contribution in [0, 0.1) is 0 Å². The molecule has 0 atom stereocenters. The Balaban J connectivity index is 0. The topological polar surface area (TPSA) is 24.4 Å². The minimum Gasteiger partial charge on any atom is -0.329 e. The normalized spacial score (nSPS) is 11.5. The third-order valence-electron chi connectivity index (χ3n) is 1.00. The summed E-state index contributed by atoms with van der Waals surface area (Å²) >= 11 is 5.47. The molecule has 2 nitrogen and oxygen atoms in total. The number of nitrogens with one attached hydrogen (secondary N) is 1. The molecule has 0 unspecified atom stereocenters. The van der Waals surface area contributed by atoms with Crippen molar-refractivity contribution in [3.8, 4) is 0 Å². The summed E-state index contributed by atoms with van der Waals surface area (Å²) in [5.41, 5.74) is 0.801. The van der Waals surface area contributed by atoms with E-state index in [-0.39, 0.29) is 11.0 Å². The van der Waals surface area contributed by atoms with Gasteiger partial charge in [-0.1, -0.05) is 20.4 Å². The van der Waals surface area contributed by atoms with Gasteiger partial charge in [-0.15, -0.1) is 0 Å². The second-order valence-electron chi connectivity index (χ2n) is 1.94. The van der Waals surface area contributed by atoms with Gasteiger partial charge >= 0.3 is 0 Å². The molecule has 0 aliphatic heterocycles. The molecular formula is C9H16ClFN2. The first-order chi connectivity index (χ1) is 6.11. The van der Waals surface area contributed by atoms with E-state index in [4.69, 9.17) is 11.6 Å². The van der Waals surface area contributed by atoms with Gasteiger partial charge in [-0.25, -0.2) is 4.39 Å². The maximum atomic E-state index is 12.0.